The van der Waals surface area contributed by atoms with Crippen LogP contribution >= 0.6 is 0 Å². The molecule has 1 aromatic heterocycles. The molecule has 8 heteroatoms. The quantitative estimate of drug-likeness (QED) is 0.677. The first-order valence-corrected chi connectivity index (χ1v) is 7.69. The molecule has 8 nitrogen and oxygen atoms in total. The van der Waals surface area contributed by atoms with E-state index in [0.717, 1.165) is 0 Å². The first kappa shape index (κ1) is 17.2. The average Bonchev–Trinajstić information content (AvgIpc) is 3.09. The molecule has 2 aromatic carbocycles. The Bertz CT molecular complexity index is 978. The molecule has 0 radical (unpaired) electrons. The lowest BCUT2D eigenvalue weighted by Gasteiger charge is -2.13. The van der Waals surface area contributed by atoms with Crippen molar-refractivity contribution in [2.75, 3.05) is 5.32 Å². The van der Waals surface area contributed by atoms with Crippen LogP contribution in [0.25, 0.3) is 11.1 Å². The van der Waals surface area contributed by atoms with Crippen molar-refractivity contribution in [2.24, 2.45) is 5.73 Å². The van der Waals surface area contributed by atoms with Gasteiger partial charge in [-0.1, -0.05) is 0 Å². The Morgan fingerprint density at radius 3 is 2.50 bits per heavy atom. The van der Waals surface area contributed by atoms with E-state index in [0.29, 0.717) is 22.4 Å². The number of nitrogens with two attached hydrogens (primary N) is 1. The standard InChI is InChI=1S/C18H15N3O5/c1-10(17(23)21-13-5-2-11(3-6-13)16(19)22)26-18(24)12-4-7-14-15(8-12)25-9-20-14/h2-10H,1H3,(H2,19,22)(H,21,23). The van der Waals surface area contributed by atoms with Crippen LogP contribution in [0.4, 0.5) is 5.69 Å². The molecule has 1 atom stereocenters. The minimum atomic E-state index is -1.02. The number of nitrogens with zero attached hydrogens (tertiary/aromatic N) is 1. The van der Waals surface area contributed by atoms with E-state index in [-0.39, 0.29) is 5.56 Å². The number of carbonyl (C=O) groups excluding carboxylic acids is 3. The molecule has 0 bridgehead atoms. The molecule has 3 aromatic rings. The monoisotopic (exact) mass is 353 g/mol. The van der Waals surface area contributed by atoms with E-state index in [1.54, 1.807) is 12.1 Å². The van der Waals surface area contributed by atoms with Gasteiger partial charge in [0.05, 0.1) is 5.56 Å². The lowest BCUT2D eigenvalue weighted by atomic mass is 10.2. The Morgan fingerprint density at radius 2 is 1.81 bits per heavy atom. The summed E-state index contributed by atoms with van der Waals surface area (Å²) in [5, 5.41) is 2.59. The van der Waals surface area contributed by atoms with Crippen molar-refractivity contribution < 1.29 is 23.5 Å². The smallest absolute Gasteiger partial charge is 0.339 e. The van der Waals surface area contributed by atoms with E-state index < -0.39 is 23.9 Å². The molecule has 26 heavy (non-hydrogen) atoms. The van der Waals surface area contributed by atoms with Gasteiger partial charge in [-0.05, 0) is 49.4 Å². The SMILES string of the molecule is CC(OC(=O)c1ccc2ncoc2c1)C(=O)Nc1ccc(C(N)=O)cc1. The van der Waals surface area contributed by atoms with E-state index >= 15 is 0 Å². The molecule has 0 saturated heterocycles. The Balaban J connectivity index is 1.62. The maximum atomic E-state index is 12.2. The van der Waals surface area contributed by atoms with Crippen molar-refractivity contribution in [2.45, 2.75) is 13.0 Å². The number of anilines is 1. The number of fused-ring (bicyclic) bond motifs is 1. The van der Waals surface area contributed by atoms with Crippen molar-refractivity contribution in [3.63, 3.8) is 0 Å². The van der Waals surface area contributed by atoms with Crippen LogP contribution < -0.4 is 11.1 Å². The summed E-state index contributed by atoms with van der Waals surface area (Å²) in [4.78, 5) is 39.3. The number of benzene rings is 2. The van der Waals surface area contributed by atoms with Crippen LogP contribution in [-0.4, -0.2) is 28.9 Å². The number of aromatic nitrogens is 1. The maximum Gasteiger partial charge on any atom is 0.339 e. The summed E-state index contributed by atoms with van der Waals surface area (Å²) in [5.74, 6) is -1.73. The van der Waals surface area contributed by atoms with Crippen molar-refractivity contribution in [1.82, 2.24) is 4.98 Å². The van der Waals surface area contributed by atoms with Crippen LogP contribution in [-0.2, 0) is 9.53 Å². The van der Waals surface area contributed by atoms with Crippen molar-refractivity contribution in [1.29, 1.82) is 0 Å². The van der Waals surface area contributed by atoms with E-state index in [1.165, 1.54) is 43.6 Å². The molecule has 0 aliphatic carbocycles. The molecule has 1 unspecified atom stereocenters. The number of rotatable bonds is 5. The van der Waals surface area contributed by atoms with Crippen molar-refractivity contribution in [3.05, 3.63) is 60.0 Å². The van der Waals surface area contributed by atoms with Crippen LogP contribution in [0.15, 0.2) is 53.3 Å². The summed E-state index contributed by atoms with van der Waals surface area (Å²) in [6, 6.07) is 10.7. The summed E-state index contributed by atoms with van der Waals surface area (Å²) in [6.07, 6.45) is 0.253. The number of ether oxygens (including phenoxy) is 1. The molecule has 0 fully saturated rings. The largest absolute Gasteiger partial charge is 0.449 e. The summed E-state index contributed by atoms with van der Waals surface area (Å²) in [5.41, 5.74) is 7.25. The number of esters is 1. The Labute approximate surface area is 147 Å². The van der Waals surface area contributed by atoms with Crippen LogP contribution in [0.5, 0.6) is 0 Å². The highest BCUT2D eigenvalue weighted by Crippen LogP contribution is 2.16. The molecule has 1 heterocycles. The number of oxazole rings is 1. The van der Waals surface area contributed by atoms with Gasteiger partial charge in [0.15, 0.2) is 18.1 Å². The molecule has 132 valence electrons. The molecule has 0 aliphatic heterocycles. The minimum absolute atomic E-state index is 0.250. The minimum Gasteiger partial charge on any atom is -0.449 e. The predicted octanol–water partition coefficient (Wildman–Crippen LogP) is 2.11. The summed E-state index contributed by atoms with van der Waals surface area (Å²) in [6.45, 7) is 1.46. The normalized spacial score (nSPS) is 11.7. The number of amides is 2. The van der Waals surface area contributed by atoms with Gasteiger partial charge in [0.2, 0.25) is 5.91 Å². The number of hydrogen-bond donors (Lipinski definition) is 2. The second kappa shape index (κ2) is 7.06. The third-order valence-electron chi connectivity index (χ3n) is 3.66. The van der Waals surface area contributed by atoms with Crippen LogP contribution in [0, 0.1) is 0 Å². The van der Waals surface area contributed by atoms with Gasteiger partial charge < -0.3 is 20.2 Å². The summed E-state index contributed by atoms with van der Waals surface area (Å²) >= 11 is 0. The van der Waals surface area contributed by atoms with E-state index in [4.69, 9.17) is 14.9 Å². The van der Waals surface area contributed by atoms with Gasteiger partial charge in [-0.15, -0.1) is 0 Å². The first-order valence-electron chi connectivity index (χ1n) is 7.69. The third-order valence-corrected chi connectivity index (χ3v) is 3.66. The zero-order chi connectivity index (χ0) is 18.7. The molecular formula is C18H15N3O5. The second-order valence-corrected chi connectivity index (χ2v) is 5.51. The van der Waals surface area contributed by atoms with Gasteiger partial charge in [-0.3, -0.25) is 9.59 Å². The Morgan fingerprint density at radius 1 is 1.12 bits per heavy atom. The summed E-state index contributed by atoms with van der Waals surface area (Å²) in [7, 11) is 0. The molecular weight excluding hydrogens is 338 g/mol. The lowest BCUT2D eigenvalue weighted by molar-refractivity contribution is -0.123. The highest BCUT2D eigenvalue weighted by molar-refractivity contribution is 5.99. The van der Waals surface area contributed by atoms with Gasteiger partial charge in [0.1, 0.15) is 5.52 Å². The molecule has 3 rings (SSSR count). The zero-order valence-corrected chi connectivity index (χ0v) is 13.8. The number of carbonyl (C=O) groups is 3. The predicted molar refractivity (Wildman–Crippen MR) is 92.5 cm³/mol. The van der Waals surface area contributed by atoms with Gasteiger partial charge in [-0.25, -0.2) is 9.78 Å². The zero-order valence-electron chi connectivity index (χ0n) is 13.8. The molecule has 0 saturated carbocycles. The lowest BCUT2D eigenvalue weighted by Crippen LogP contribution is -2.30. The fourth-order valence-corrected chi connectivity index (χ4v) is 2.23. The fraction of sp³-hybridized carbons (Fsp3) is 0.111. The van der Waals surface area contributed by atoms with Crippen LogP contribution in [0.2, 0.25) is 0 Å². The van der Waals surface area contributed by atoms with Crippen molar-refractivity contribution >= 4 is 34.6 Å². The summed E-state index contributed by atoms with van der Waals surface area (Å²) < 4.78 is 10.3. The van der Waals surface area contributed by atoms with E-state index in [9.17, 15) is 14.4 Å². The van der Waals surface area contributed by atoms with Gasteiger partial charge in [-0.2, -0.15) is 0 Å². The number of nitrogens with one attached hydrogen (secondary N) is 1. The second-order valence-electron chi connectivity index (χ2n) is 5.51. The molecule has 0 aliphatic rings. The van der Waals surface area contributed by atoms with Gasteiger partial charge in [0.25, 0.3) is 5.91 Å². The molecule has 3 N–H and O–H groups in total. The van der Waals surface area contributed by atoms with Crippen molar-refractivity contribution in [3.8, 4) is 0 Å². The average molecular weight is 353 g/mol. The highest BCUT2D eigenvalue weighted by Gasteiger charge is 2.19. The third kappa shape index (κ3) is 3.69. The number of hydrogen-bond acceptors (Lipinski definition) is 6. The fourth-order valence-electron chi connectivity index (χ4n) is 2.23. The number of primary amides is 1. The molecule has 2 amide bonds. The van der Waals surface area contributed by atoms with E-state index in [2.05, 4.69) is 10.3 Å². The Hall–Kier alpha value is -3.68. The van der Waals surface area contributed by atoms with E-state index in [1.807, 2.05) is 0 Å². The Kier molecular flexibility index (Phi) is 4.66. The topological polar surface area (TPSA) is 125 Å². The maximum absolute atomic E-state index is 12.2. The van der Waals surface area contributed by atoms with Crippen LogP contribution in [0.1, 0.15) is 27.6 Å². The first-order chi connectivity index (χ1) is 12.4. The van der Waals surface area contributed by atoms with Crippen LogP contribution in [0.3, 0.4) is 0 Å². The highest BCUT2D eigenvalue weighted by atomic mass is 16.5. The molecule has 0 spiro atoms. The van der Waals surface area contributed by atoms with Gasteiger partial charge >= 0.3 is 5.97 Å². The van der Waals surface area contributed by atoms with Gasteiger partial charge in [0, 0.05) is 11.3 Å².